The number of benzene rings is 1. The number of hydrogen-bond donors (Lipinski definition) is 2. The van der Waals surface area contributed by atoms with Gasteiger partial charge in [-0.2, -0.15) is 5.10 Å². The summed E-state index contributed by atoms with van der Waals surface area (Å²) >= 11 is 1.20. The molecule has 0 unspecified atom stereocenters. The zero-order valence-corrected chi connectivity index (χ0v) is 11.0. The number of phenolic OH excluding ortho intramolecular Hbond substituents is 1. The molecule has 0 heterocycles. The Bertz CT molecular complexity index is 545. The van der Waals surface area contributed by atoms with Crippen molar-refractivity contribution in [1.29, 1.82) is 0 Å². The van der Waals surface area contributed by atoms with Crippen molar-refractivity contribution >= 4 is 28.8 Å². The van der Waals surface area contributed by atoms with Gasteiger partial charge in [-0.1, -0.05) is 11.8 Å². The van der Waals surface area contributed by atoms with E-state index in [1.165, 1.54) is 18.9 Å². The Morgan fingerprint density at radius 2 is 2.32 bits per heavy atom. The molecule has 102 valence electrons. The fraction of sp³-hybridized carbons (Fsp3) is 0.200. The number of nitrogens with zero attached hydrogens (tertiary/aromatic N) is 3. The van der Waals surface area contributed by atoms with Gasteiger partial charge in [0.25, 0.3) is 5.69 Å². The van der Waals surface area contributed by atoms with Crippen molar-refractivity contribution in [1.82, 2.24) is 0 Å². The molecule has 1 rings (SSSR count). The summed E-state index contributed by atoms with van der Waals surface area (Å²) in [7, 11) is 1.30. The minimum absolute atomic E-state index is 0.0162. The first-order valence-electron chi connectivity index (χ1n) is 4.95. The number of amidine groups is 1. The van der Waals surface area contributed by atoms with Gasteiger partial charge >= 0.3 is 0 Å². The van der Waals surface area contributed by atoms with Crippen molar-refractivity contribution in [3.05, 3.63) is 27.8 Å². The number of methoxy groups -OCH3 is 1. The third-order valence-corrected chi connectivity index (χ3v) is 2.58. The largest absolute Gasteiger partial charge is 0.504 e. The maximum atomic E-state index is 10.7. The molecular formula is C10H12N4O4S. The quantitative estimate of drug-likeness (QED) is 0.372. The van der Waals surface area contributed by atoms with E-state index in [0.717, 1.165) is 18.3 Å². The lowest BCUT2D eigenvalue weighted by atomic mass is 10.2. The summed E-state index contributed by atoms with van der Waals surface area (Å²) in [4.78, 5) is 10.1. The molecule has 1 aromatic rings. The fourth-order valence-corrected chi connectivity index (χ4v) is 1.29. The summed E-state index contributed by atoms with van der Waals surface area (Å²) in [6, 6.07) is 2.28. The third-order valence-electron chi connectivity index (χ3n) is 2.08. The van der Waals surface area contributed by atoms with Crippen LogP contribution in [-0.2, 0) is 0 Å². The lowest BCUT2D eigenvalue weighted by Crippen LogP contribution is -2.04. The molecule has 0 aliphatic rings. The van der Waals surface area contributed by atoms with Gasteiger partial charge in [0, 0.05) is 11.6 Å². The molecule has 0 amide bonds. The molecule has 0 bridgehead atoms. The maximum absolute atomic E-state index is 10.7. The highest BCUT2D eigenvalue weighted by Crippen LogP contribution is 2.33. The molecule has 19 heavy (non-hydrogen) atoms. The van der Waals surface area contributed by atoms with E-state index < -0.39 is 4.92 Å². The average Bonchev–Trinajstić information content (AvgIpc) is 2.40. The summed E-state index contributed by atoms with van der Waals surface area (Å²) in [5, 5.41) is 28.0. The van der Waals surface area contributed by atoms with Crippen LogP contribution in [0.25, 0.3) is 0 Å². The van der Waals surface area contributed by atoms with Crippen LogP contribution in [0.15, 0.2) is 22.3 Å². The predicted octanol–water partition coefficient (Wildman–Crippen LogP) is 1.32. The Morgan fingerprint density at radius 3 is 2.84 bits per heavy atom. The molecule has 3 N–H and O–H groups in total. The van der Waals surface area contributed by atoms with Crippen LogP contribution in [0.3, 0.4) is 0 Å². The Morgan fingerprint density at radius 1 is 1.63 bits per heavy atom. The van der Waals surface area contributed by atoms with E-state index >= 15 is 0 Å². The van der Waals surface area contributed by atoms with Crippen LogP contribution in [0.5, 0.6) is 11.5 Å². The monoisotopic (exact) mass is 284 g/mol. The molecule has 1 aromatic carbocycles. The summed E-state index contributed by atoms with van der Waals surface area (Å²) in [5.74, 6) is -0.271. The van der Waals surface area contributed by atoms with E-state index in [9.17, 15) is 15.2 Å². The predicted molar refractivity (Wildman–Crippen MR) is 74.0 cm³/mol. The second-order valence-electron chi connectivity index (χ2n) is 3.23. The maximum Gasteiger partial charge on any atom is 0.274 e. The van der Waals surface area contributed by atoms with E-state index in [1.54, 1.807) is 6.26 Å². The lowest BCUT2D eigenvalue weighted by molar-refractivity contribution is -0.385. The van der Waals surface area contributed by atoms with Crippen molar-refractivity contribution < 1.29 is 14.8 Å². The molecule has 0 radical (unpaired) electrons. The topological polar surface area (TPSA) is 123 Å². The average molecular weight is 284 g/mol. The van der Waals surface area contributed by atoms with Gasteiger partial charge in [0.2, 0.25) is 0 Å². The van der Waals surface area contributed by atoms with Crippen molar-refractivity contribution in [2.45, 2.75) is 0 Å². The molecule has 0 spiro atoms. The molecular weight excluding hydrogens is 272 g/mol. The van der Waals surface area contributed by atoms with Crippen LogP contribution >= 0.6 is 11.8 Å². The van der Waals surface area contributed by atoms with E-state index in [-0.39, 0.29) is 27.9 Å². The highest BCUT2D eigenvalue weighted by Gasteiger charge is 2.15. The van der Waals surface area contributed by atoms with Gasteiger partial charge in [-0.15, -0.1) is 5.10 Å². The number of phenols is 1. The van der Waals surface area contributed by atoms with Gasteiger partial charge in [-0.25, -0.2) is 0 Å². The van der Waals surface area contributed by atoms with Crippen LogP contribution < -0.4 is 10.5 Å². The van der Waals surface area contributed by atoms with Gasteiger partial charge in [0.05, 0.1) is 24.3 Å². The first-order valence-corrected chi connectivity index (χ1v) is 6.18. The van der Waals surface area contributed by atoms with Gasteiger partial charge < -0.3 is 15.6 Å². The summed E-state index contributed by atoms with van der Waals surface area (Å²) in [6.45, 7) is 0. The van der Waals surface area contributed by atoms with Crippen molar-refractivity contribution in [2.24, 2.45) is 15.9 Å². The van der Waals surface area contributed by atoms with E-state index in [0.29, 0.717) is 0 Å². The van der Waals surface area contributed by atoms with Crippen LogP contribution in [0.4, 0.5) is 5.69 Å². The number of nitro benzene ring substituents is 1. The molecule has 0 saturated heterocycles. The highest BCUT2D eigenvalue weighted by molar-refractivity contribution is 8.13. The van der Waals surface area contributed by atoms with Crippen molar-refractivity contribution in [2.75, 3.05) is 13.4 Å². The van der Waals surface area contributed by atoms with Crippen LogP contribution in [0.2, 0.25) is 0 Å². The van der Waals surface area contributed by atoms with Gasteiger partial charge in [-0.3, -0.25) is 10.1 Å². The number of hydrogen-bond acceptors (Lipinski definition) is 7. The van der Waals surface area contributed by atoms with Crippen molar-refractivity contribution in [3.63, 3.8) is 0 Å². The second-order valence-corrected chi connectivity index (χ2v) is 4.06. The molecule has 0 fully saturated rings. The van der Waals surface area contributed by atoms with Crippen LogP contribution in [0.1, 0.15) is 5.56 Å². The summed E-state index contributed by atoms with van der Waals surface area (Å²) < 4.78 is 4.84. The molecule has 0 aliphatic carbocycles. The first kappa shape index (κ1) is 14.8. The number of non-ortho nitro benzene ring substituents is 1. The van der Waals surface area contributed by atoms with E-state index in [2.05, 4.69) is 10.2 Å². The fourth-order valence-electron chi connectivity index (χ4n) is 1.16. The number of thioether (sulfide) groups is 1. The SMILES string of the molecule is COc1cc([N+](=O)[O-])cc(/C=N\N=C(/N)SC)c1O. The summed E-state index contributed by atoms with van der Waals surface area (Å²) in [5.41, 5.74) is 5.30. The van der Waals surface area contributed by atoms with E-state index in [1.807, 2.05) is 0 Å². The summed E-state index contributed by atoms with van der Waals surface area (Å²) in [6.07, 6.45) is 2.89. The smallest absolute Gasteiger partial charge is 0.274 e. The molecule has 8 nitrogen and oxygen atoms in total. The number of rotatable bonds is 4. The molecule has 0 aliphatic heterocycles. The number of nitro groups is 1. The molecule has 0 saturated carbocycles. The second kappa shape index (κ2) is 6.59. The van der Waals surface area contributed by atoms with Gasteiger partial charge in [0.15, 0.2) is 16.7 Å². The minimum Gasteiger partial charge on any atom is -0.504 e. The van der Waals surface area contributed by atoms with E-state index in [4.69, 9.17) is 10.5 Å². The third kappa shape index (κ3) is 3.85. The zero-order chi connectivity index (χ0) is 14.4. The lowest BCUT2D eigenvalue weighted by Gasteiger charge is -2.05. The highest BCUT2D eigenvalue weighted by atomic mass is 32.2. The number of aromatic hydroxyl groups is 1. The Kier molecular flexibility index (Phi) is 5.12. The van der Waals surface area contributed by atoms with Gasteiger partial charge in [0.1, 0.15) is 0 Å². The molecule has 0 atom stereocenters. The Balaban J connectivity index is 3.19. The normalized spacial score (nSPS) is 11.8. The number of nitrogens with two attached hydrogens (primary N) is 1. The molecule has 0 aromatic heterocycles. The minimum atomic E-state index is -0.598. The van der Waals surface area contributed by atoms with Crippen LogP contribution in [-0.4, -0.2) is 34.8 Å². The Hall–Kier alpha value is -2.29. The zero-order valence-electron chi connectivity index (χ0n) is 10.2. The van der Waals surface area contributed by atoms with Crippen LogP contribution in [0, 0.1) is 10.1 Å². The van der Waals surface area contributed by atoms with Crippen molar-refractivity contribution in [3.8, 4) is 11.5 Å². The van der Waals surface area contributed by atoms with Gasteiger partial charge in [-0.05, 0) is 6.26 Å². The Labute approximate surface area is 113 Å². The standard InChI is InChI=1S/C10H12N4O4S/c1-18-8-4-7(14(16)17)3-6(9(8)15)5-12-13-10(11)19-2/h3-5,15H,1-2H3,(H2,11,13)/b12-5-. The first-order chi connectivity index (χ1) is 8.99. The molecule has 9 heteroatoms. The number of ether oxygens (including phenoxy) is 1.